The highest BCUT2D eigenvalue weighted by atomic mass is 16.5. The zero-order valence-corrected chi connectivity index (χ0v) is 19.3. The molecule has 7 heteroatoms. The monoisotopic (exact) mass is 438 g/mol. The van der Waals surface area contributed by atoms with Crippen molar-refractivity contribution in [3.63, 3.8) is 0 Å². The number of benzene rings is 2. The van der Waals surface area contributed by atoms with Crippen LogP contribution in [0.4, 0.5) is 10.5 Å². The van der Waals surface area contributed by atoms with Crippen molar-refractivity contribution >= 4 is 17.6 Å². The van der Waals surface area contributed by atoms with Crippen LogP contribution in [0.25, 0.3) is 0 Å². The fourth-order valence-electron chi connectivity index (χ4n) is 3.45. The number of hydrogen-bond acceptors (Lipinski definition) is 4. The SMILES string of the molecule is CC(C)(C)OCc1cccc(CNC(=O)N2CCN(CC(=O)Nc3ccccc3)CC2)c1. The molecule has 0 spiro atoms. The average molecular weight is 439 g/mol. The van der Waals surface area contributed by atoms with Crippen molar-refractivity contribution in [2.45, 2.75) is 39.5 Å². The largest absolute Gasteiger partial charge is 0.371 e. The van der Waals surface area contributed by atoms with Crippen molar-refractivity contribution in [2.75, 3.05) is 38.0 Å². The fourth-order valence-corrected chi connectivity index (χ4v) is 3.45. The number of carbonyl (C=O) groups is 2. The van der Waals surface area contributed by atoms with Crippen molar-refractivity contribution in [3.8, 4) is 0 Å². The van der Waals surface area contributed by atoms with Crippen LogP contribution in [-0.2, 0) is 22.7 Å². The Hall–Kier alpha value is -2.90. The van der Waals surface area contributed by atoms with E-state index in [2.05, 4.69) is 21.6 Å². The second kappa shape index (κ2) is 11.1. The topological polar surface area (TPSA) is 73.9 Å². The van der Waals surface area contributed by atoms with Crippen LogP contribution < -0.4 is 10.6 Å². The molecule has 3 rings (SSSR count). The van der Waals surface area contributed by atoms with Gasteiger partial charge < -0.3 is 20.3 Å². The number of piperazine rings is 1. The number of hydrogen-bond donors (Lipinski definition) is 2. The van der Waals surface area contributed by atoms with Crippen molar-refractivity contribution < 1.29 is 14.3 Å². The van der Waals surface area contributed by atoms with E-state index in [-0.39, 0.29) is 17.5 Å². The third-order valence-electron chi connectivity index (χ3n) is 5.19. The minimum absolute atomic E-state index is 0.0376. The number of urea groups is 1. The summed E-state index contributed by atoms with van der Waals surface area (Å²) in [6.45, 7) is 10.0. The predicted molar refractivity (Wildman–Crippen MR) is 126 cm³/mol. The fraction of sp³-hybridized carbons (Fsp3) is 0.440. The maximum Gasteiger partial charge on any atom is 0.317 e. The van der Waals surface area contributed by atoms with Gasteiger partial charge in [-0.2, -0.15) is 0 Å². The molecule has 2 N–H and O–H groups in total. The number of rotatable bonds is 7. The minimum Gasteiger partial charge on any atom is -0.371 e. The highest BCUT2D eigenvalue weighted by Crippen LogP contribution is 2.13. The molecule has 2 aromatic rings. The van der Waals surface area contributed by atoms with Gasteiger partial charge in [-0.1, -0.05) is 42.5 Å². The summed E-state index contributed by atoms with van der Waals surface area (Å²) in [7, 11) is 0. The second-order valence-electron chi connectivity index (χ2n) is 9.06. The number of carbonyl (C=O) groups excluding carboxylic acids is 2. The second-order valence-corrected chi connectivity index (χ2v) is 9.06. The first-order valence-corrected chi connectivity index (χ1v) is 11.1. The van der Waals surface area contributed by atoms with Gasteiger partial charge in [-0.05, 0) is 44.0 Å². The summed E-state index contributed by atoms with van der Waals surface area (Å²) in [4.78, 5) is 28.7. The number of ether oxygens (including phenoxy) is 1. The van der Waals surface area contributed by atoms with Gasteiger partial charge in [0.15, 0.2) is 0 Å². The van der Waals surface area contributed by atoms with Gasteiger partial charge in [0.1, 0.15) is 0 Å². The molecule has 1 saturated heterocycles. The number of amides is 3. The van der Waals surface area contributed by atoms with Gasteiger partial charge in [0.2, 0.25) is 5.91 Å². The highest BCUT2D eigenvalue weighted by Gasteiger charge is 2.22. The molecule has 1 aliphatic heterocycles. The molecule has 2 aromatic carbocycles. The van der Waals surface area contributed by atoms with E-state index in [0.717, 1.165) is 16.8 Å². The Balaban J connectivity index is 1.39. The summed E-state index contributed by atoms with van der Waals surface area (Å²) in [5.74, 6) is -0.0376. The van der Waals surface area contributed by atoms with E-state index in [1.165, 1.54) is 0 Å². The third kappa shape index (κ3) is 7.98. The van der Waals surface area contributed by atoms with Gasteiger partial charge in [0.05, 0.1) is 18.8 Å². The van der Waals surface area contributed by atoms with Crippen molar-refractivity contribution in [3.05, 3.63) is 65.7 Å². The van der Waals surface area contributed by atoms with Gasteiger partial charge in [-0.25, -0.2) is 4.79 Å². The predicted octanol–water partition coefficient (Wildman–Crippen LogP) is 3.47. The Morgan fingerprint density at radius 3 is 2.31 bits per heavy atom. The molecule has 0 bridgehead atoms. The van der Waals surface area contributed by atoms with Crippen molar-refractivity contribution in [2.24, 2.45) is 0 Å². The molecule has 1 heterocycles. The van der Waals surface area contributed by atoms with E-state index in [9.17, 15) is 9.59 Å². The number of nitrogens with zero attached hydrogens (tertiary/aromatic N) is 2. The van der Waals surface area contributed by atoms with Crippen LogP contribution in [0.3, 0.4) is 0 Å². The Kier molecular flexibility index (Phi) is 8.25. The van der Waals surface area contributed by atoms with Crippen molar-refractivity contribution in [1.82, 2.24) is 15.1 Å². The van der Waals surface area contributed by atoms with Gasteiger partial charge in [-0.15, -0.1) is 0 Å². The van der Waals surface area contributed by atoms with E-state index < -0.39 is 0 Å². The first-order valence-electron chi connectivity index (χ1n) is 11.1. The average Bonchev–Trinajstić information content (AvgIpc) is 2.77. The molecule has 1 aliphatic rings. The molecule has 32 heavy (non-hydrogen) atoms. The minimum atomic E-state index is -0.186. The summed E-state index contributed by atoms with van der Waals surface area (Å²) in [5, 5.41) is 5.91. The highest BCUT2D eigenvalue weighted by molar-refractivity contribution is 5.92. The molecule has 0 unspecified atom stereocenters. The number of para-hydroxylation sites is 1. The maximum absolute atomic E-state index is 12.6. The van der Waals surface area contributed by atoms with Crippen LogP contribution in [0.5, 0.6) is 0 Å². The first-order chi connectivity index (χ1) is 15.3. The summed E-state index contributed by atoms with van der Waals surface area (Å²) >= 11 is 0. The van der Waals surface area contributed by atoms with Gasteiger partial charge in [0.25, 0.3) is 0 Å². The normalized spacial score (nSPS) is 14.8. The molecule has 7 nitrogen and oxygen atoms in total. The molecular formula is C25H34N4O3. The third-order valence-corrected chi connectivity index (χ3v) is 5.19. The molecule has 0 aliphatic carbocycles. The maximum atomic E-state index is 12.6. The molecule has 0 aromatic heterocycles. The van der Waals surface area contributed by atoms with E-state index >= 15 is 0 Å². The molecule has 0 radical (unpaired) electrons. The number of nitrogens with one attached hydrogen (secondary N) is 2. The summed E-state index contributed by atoms with van der Waals surface area (Å²) in [5.41, 5.74) is 2.75. The first kappa shape index (κ1) is 23.8. The zero-order valence-electron chi connectivity index (χ0n) is 19.3. The lowest BCUT2D eigenvalue weighted by molar-refractivity contribution is -0.117. The lowest BCUT2D eigenvalue weighted by atomic mass is 10.1. The van der Waals surface area contributed by atoms with Crippen molar-refractivity contribution in [1.29, 1.82) is 0 Å². The Morgan fingerprint density at radius 1 is 0.938 bits per heavy atom. The quantitative estimate of drug-likeness (QED) is 0.694. The van der Waals surface area contributed by atoms with E-state index in [4.69, 9.17) is 4.74 Å². The summed E-state index contributed by atoms with van der Waals surface area (Å²) in [6, 6.07) is 17.5. The molecule has 172 valence electrons. The molecule has 3 amide bonds. The van der Waals surface area contributed by atoms with Gasteiger partial charge in [0, 0.05) is 38.4 Å². The van der Waals surface area contributed by atoms with E-state index in [0.29, 0.717) is 45.9 Å². The Labute approximate surface area is 190 Å². The van der Waals surface area contributed by atoms with Crippen LogP contribution in [0.1, 0.15) is 31.9 Å². The molecule has 0 saturated carbocycles. The molecular weight excluding hydrogens is 404 g/mol. The standard InChI is InChI=1S/C25H34N4O3/c1-25(2,3)32-19-21-9-7-8-20(16-21)17-26-24(31)29-14-12-28(13-15-29)18-23(30)27-22-10-5-4-6-11-22/h4-11,16H,12-15,17-19H2,1-3H3,(H,26,31)(H,27,30). The lowest BCUT2D eigenvalue weighted by Gasteiger charge is -2.34. The van der Waals surface area contributed by atoms with Crippen LogP contribution in [0.2, 0.25) is 0 Å². The smallest absolute Gasteiger partial charge is 0.317 e. The Bertz CT molecular complexity index is 888. The van der Waals surface area contributed by atoms with Crippen LogP contribution >= 0.6 is 0 Å². The van der Waals surface area contributed by atoms with Gasteiger partial charge in [-0.3, -0.25) is 9.69 Å². The Morgan fingerprint density at radius 2 is 1.62 bits per heavy atom. The summed E-state index contributed by atoms with van der Waals surface area (Å²) < 4.78 is 5.83. The van der Waals surface area contributed by atoms with Crippen LogP contribution in [0.15, 0.2) is 54.6 Å². The molecule has 1 fully saturated rings. The number of anilines is 1. The van der Waals surface area contributed by atoms with E-state index in [1.54, 1.807) is 4.90 Å². The van der Waals surface area contributed by atoms with E-state index in [1.807, 2.05) is 69.3 Å². The lowest BCUT2D eigenvalue weighted by Crippen LogP contribution is -2.52. The summed E-state index contributed by atoms with van der Waals surface area (Å²) in [6.07, 6.45) is 0. The van der Waals surface area contributed by atoms with Crippen LogP contribution in [-0.4, -0.2) is 60.1 Å². The van der Waals surface area contributed by atoms with Gasteiger partial charge >= 0.3 is 6.03 Å². The van der Waals surface area contributed by atoms with Crippen LogP contribution in [0, 0.1) is 0 Å². The zero-order chi connectivity index (χ0) is 23.0. The molecule has 0 atom stereocenters.